The Morgan fingerprint density at radius 2 is 1.54 bits per heavy atom. The molecular weight excluding hydrogens is 374 g/mol. The summed E-state index contributed by atoms with van der Waals surface area (Å²) in [4.78, 5) is 23.6. The van der Waals surface area contributed by atoms with Gasteiger partial charge in [0.15, 0.2) is 5.78 Å². The molecule has 0 heterocycles. The van der Waals surface area contributed by atoms with Crippen LogP contribution in [0.4, 0.5) is 5.69 Å². The van der Waals surface area contributed by atoms with Crippen LogP contribution in [0.25, 0.3) is 0 Å². The molecule has 28 heavy (non-hydrogen) atoms. The van der Waals surface area contributed by atoms with Crippen molar-refractivity contribution in [3.63, 3.8) is 0 Å². The lowest BCUT2D eigenvalue weighted by Crippen LogP contribution is -2.23. The lowest BCUT2D eigenvalue weighted by molar-refractivity contribution is -0.115. The maximum Gasteiger partial charge on any atom is 0.237 e. The van der Waals surface area contributed by atoms with Gasteiger partial charge in [-0.15, -0.1) is 11.8 Å². The molecule has 6 heteroatoms. The molecule has 150 valence electrons. The minimum Gasteiger partial charge on any atom is -0.494 e. The first-order valence-electron chi connectivity index (χ1n) is 9.38. The number of amides is 1. The maximum atomic E-state index is 12.3. The molecular formula is C22H27NO4S. The summed E-state index contributed by atoms with van der Waals surface area (Å²) < 4.78 is 11.2. The molecule has 5 nitrogen and oxygen atoms in total. The third-order valence-electron chi connectivity index (χ3n) is 3.94. The van der Waals surface area contributed by atoms with Crippen molar-refractivity contribution in [1.29, 1.82) is 0 Å². The van der Waals surface area contributed by atoms with E-state index in [0.717, 1.165) is 17.9 Å². The van der Waals surface area contributed by atoms with E-state index < -0.39 is 0 Å². The number of thioether (sulfide) groups is 1. The minimum absolute atomic E-state index is 0.00456. The van der Waals surface area contributed by atoms with Gasteiger partial charge in [0.05, 0.1) is 18.5 Å². The second-order valence-corrected chi connectivity index (χ2v) is 7.75. The first-order chi connectivity index (χ1) is 13.5. The van der Waals surface area contributed by atoms with Gasteiger partial charge in [-0.1, -0.05) is 6.92 Å². The lowest BCUT2D eigenvalue weighted by atomic mass is 10.1. The summed E-state index contributed by atoms with van der Waals surface area (Å²) in [5, 5.41) is 2.66. The zero-order valence-electron chi connectivity index (χ0n) is 16.6. The average molecular weight is 402 g/mol. The number of ketones is 1. The van der Waals surface area contributed by atoms with E-state index in [1.54, 1.807) is 24.3 Å². The number of hydrogen-bond acceptors (Lipinski definition) is 5. The number of carbonyl (C=O) groups is 2. The van der Waals surface area contributed by atoms with E-state index in [9.17, 15) is 9.59 Å². The number of anilines is 1. The van der Waals surface area contributed by atoms with Gasteiger partial charge in [0.1, 0.15) is 11.5 Å². The van der Waals surface area contributed by atoms with Crippen LogP contribution in [0.3, 0.4) is 0 Å². The highest BCUT2D eigenvalue weighted by Crippen LogP contribution is 2.19. The predicted octanol–water partition coefficient (Wildman–Crippen LogP) is 4.82. The van der Waals surface area contributed by atoms with Crippen molar-refractivity contribution in [3.05, 3.63) is 54.1 Å². The Morgan fingerprint density at radius 1 is 0.964 bits per heavy atom. The van der Waals surface area contributed by atoms with Crippen molar-refractivity contribution in [1.82, 2.24) is 0 Å². The van der Waals surface area contributed by atoms with E-state index in [-0.39, 0.29) is 16.9 Å². The fourth-order valence-electron chi connectivity index (χ4n) is 2.34. The molecule has 0 fully saturated rings. The number of rotatable bonds is 11. The standard InChI is InChI=1S/C22H27NO4S/c1-4-13-26-20-9-11-21(12-10-20)27-14-15-28-17(3)22(25)23-19-7-5-18(6-8-19)16(2)24/h5-12,17H,4,13-15H2,1-3H3,(H,23,25). The average Bonchev–Trinajstić information content (AvgIpc) is 2.70. The van der Waals surface area contributed by atoms with E-state index >= 15 is 0 Å². The van der Waals surface area contributed by atoms with Crippen LogP contribution >= 0.6 is 11.8 Å². The molecule has 0 saturated heterocycles. The SMILES string of the molecule is CCCOc1ccc(OCCSC(C)C(=O)Nc2ccc(C(C)=O)cc2)cc1. The summed E-state index contributed by atoms with van der Waals surface area (Å²) in [6.45, 7) is 6.68. The lowest BCUT2D eigenvalue weighted by Gasteiger charge is -2.13. The monoisotopic (exact) mass is 401 g/mol. The topological polar surface area (TPSA) is 64.6 Å². The molecule has 2 aromatic rings. The van der Waals surface area contributed by atoms with Crippen molar-refractivity contribution in [2.75, 3.05) is 24.3 Å². The number of carbonyl (C=O) groups excluding carboxylic acids is 2. The largest absolute Gasteiger partial charge is 0.494 e. The molecule has 2 rings (SSSR count). The van der Waals surface area contributed by atoms with Gasteiger partial charge < -0.3 is 14.8 Å². The molecule has 0 aliphatic carbocycles. The van der Waals surface area contributed by atoms with Gasteiger partial charge >= 0.3 is 0 Å². The van der Waals surface area contributed by atoms with E-state index in [4.69, 9.17) is 9.47 Å². The highest BCUT2D eigenvalue weighted by Gasteiger charge is 2.13. The highest BCUT2D eigenvalue weighted by atomic mass is 32.2. The van der Waals surface area contributed by atoms with Gasteiger partial charge in [0, 0.05) is 17.0 Å². The van der Waals surface area contributed by atoms with Crippen molar-refractivity contribution in [3.8, 4) is 11.5 Å². The second-order valence-electron chi connectivity index (χ2n) is 6.30. The fraction of sp³-hybridized carbons (Fsp3) is 0.364. The Kier molecular flexibility index (Phi) is 8.88. The van der Waals surface area contributed by atoms with Gasteiger partial charge in [-0.25, -0.2) is 0 Å². The Hall–Kier alpha value is -2.47. The number of ether oxygens (including phenoxy) is 2. The quantitative estimate of drug-likeness (QED) is 0.432. The normalized spacial score (nSPS) is 11.5. The number of benzene rings is 2. The second kappa shape index (κ2) is 11.4. The van der Waals surface area contributed by atoms with Gasteiger partial charge in [-0.2, -0.15) is 0 Å². The van der Waals surface area contributed by atoms with E-state index in [1.165, 1.54) is 18.7 Å². The molecule has 0 bridgehead atoms. The zero-order chi connectivity index (χ0) is 20.4. The number of Topliss-reactive ketones (excluding diaryl/α,β-unsaturated/α-hetero) is 1. The molecule has 2 aromatic carbocycles. The molecule has 0 aliphatic heterocycles. The molecule has 1 unspecified atom stereocenters. The van der Waals surface area contributed by atoms with Gasteiger partial charge in [0.25, 0.3) is 0 Å². The molecule has 0 saturated carbocycles. The summed E-state index contributed by atoms with van der Waals surface area (Å²) in [6.07, 6.45) is 0.977. The van der Waals surface area contributed by atoms with Crippen LogP contribution in [0.5, 0.6) is 11.5 Å². The fourth-order valence-corrected chi connectivity index (χ4v) is 3.09. The van der Waals surface area contributed by atoms with Crippen LogP contribution in [-0.4, -0.2) is 35.9 Å². The van der Waals surface area contributed by atoms with Gasteiger partial charge in [-0.3, -0.25) is 9.59 Å². The Balaban J connectivity index is 1.69. The van der Waals surface area contributed by atoms with Crippen LogP contribution in [0, 0.1) is 0 Å². The molecule has 1 atom stereocenters. The minimum atomic E-state index is -0.207. The van der Waals surface area contributed by atoms with Crippen molar-refractivity contribution in [2.45, 2.75) is 32.4 Å². The van der Waals surface area contributed by atoms with Crippen LogP contribution in [-0.2, 0) is 4.79 Å². The molecule has 1 N–H and O–H groups in total. The molecule has 0 radical (unpaired) electrons. The van der Waals surface area contributed by atoms with Crippen LogP contribution < -0.4 is 14.8 Å². The summed E-state index contributed by atoms with van der Waals surface area (Å²) in [7, 11) is 0. The maximum absolute atomic E-state index is 12.3. The molecule has 0 aromatic heterocycles. The first kappa shape index (κ1) is 21.8. The number of hydrogen-bond donors (Lipinski definition) is 1. The number of nitrogens with one attached hydrogen (secondary N) is 1. The third-order valence-corrected chi connectivity index (χ3v) is 5.06. The zero-order valence-corrected chi connectivity index (χ0v) is 17.4. The van der Waals surface area contributed by atoms with Crippen LogP contribution in [0.1, 0.15) is 37.6 Å². The van der Waals surface area contributed by atoms with Crippen LogP contribution in [0.15, 0.2) is 48.5 Å². The highest BCUT2D eigenvalue weighted by molar-refractivity contribution is 8.00. The van der Waals surface area contributed by atoms with Crippen molar-refractivity contribution >= 4 is 29.1 Å². The van der Waals surface area contributed by atoms with Gasteiger partial charge in [-0.05, 0) is 68.8 Å². The predicted molar refractivity (Wildman–Crippen MR) is 115 cm³/mol. The van der Waals surface area contributed by atoms with Gasteiger partial charge in [0.2, 0.25) is 5.91 Å². The van der Waals surface area contributed by atoms with Crippen molar-refractivity contribution in [2.24, 2.45) is 0 Å². The summed E-state index contributed by atoms with van der Waals surface area (Å²) >= 11 is 1.53. The molecule has 0 aliphatic rings. The smallest absolute Gasteiger partial charge is 0.237 e. The Bertz CT molecular complexity index is 759. The summed E-state index contributed by atoms with van der Waals surface area (Å²) in [5.74, 6) is 2.26. The van der Waals surface area contributed by atoms with E-state index in [0.29, 0.717) is 30.2 Å². The van der Waals surface area contributed by atoms with E-state index in [2.05, 4.69) is 12.2 Å². The van der Waals surface area contributed by atoms with E-state index in [1.807, 2.05) is 31.2 Å². The Labute approximate surface area is 170 Å². The van der Waals surface area contributed by atoms with Crippen LogP contribution in [0.2, 0.25) is 0 Å². The molecule has 1 amide bonds. The first-order valence-corrected chi connectivity index (χ1v) is 10.4. The van der Waals surface area contributed by atoms with Crippen molar-refractivity contribution < 1.29 is 19.1 Å². The summed E-state index contributed by atoms with van der Waals surface area (Å²) in [5.41, 5.74) is 1.31. The molecule has 0 spiro atoms. The summed E-state index contributed by atoms with van der Waals surface area (Å²) in [6, 6.07) is 14.5. The Morgan fingerprint density at radius 3 is 2.07 bits per heavy atom. The third kappa shape index (κ3) is 7.27.